The van der Waals surface area contributed by atoms with Crippen LogP contribution in [0.3, 0.4) is 0 Å². The van der Waals surface area contributed by atoms with Gasteiger partial charge in [-0.15, -0.1) is 22.7 Å². The molecule has 2 rings (SSSR count). The largest absolute Gasteiger partial charge is 0.451 e. The smallest absolute Gasteiger partial charge is 0.348 e. The van der Waals surface area contributed by atoms with Crippen LogP contribution in [0.1, 0.15) is 19.3 Å². The average molecular weight is 295 g/mol. The summed E-state index contributed by atoms with van der Waals surface area (Å²) in [5.41, 5.74) is 0. The Bertz CT molecular complexity index is 575. The highest BCUT2D eigenvalue weighted by molar-refractivity contribution is 7.12. The van der Waals surface area contributed by atoms with Gasteiger partial charge in [0, 0.05) is 0 Å². The standard InChI is InChI=1S/C12H9NO4S2/c14-10(13-11(15)8-3-1-5-18-8)7-17-12(16)9-4-2-6-19-9/h1-6H,7H2,(H,13,14,15). The molecule has 2 amide bonds. The van der Waals surface area contributed by atoms with Crippen LogP contribution in [0.5, 0.6) is 0 Å². The Hall–Kier alpha value is -1.99. The molecule has 0 radical (unpaired) electrons. The number of amides is 2. The minimum atomic E-state index is -0.650. The lowest BCUT2D eigenvalue weighted by molar-refractivity contribution is -0.123. The summed E-state index contributed by atoms with van der Waals surface area (Å²) in [6.45, 7) is -0.478. The third-order valence-corrected chi connectivity index (χ3v) is 3.77. The highest BCUT2D eigenvalue weighted by Crippen LogP contribution is 2.10. The topological polar surface area (TPSA) is 72.5 Å². The van der Waals surface area contributed by atoms with E-state index in [1.807, 2.05) is 0 Å². The maximum Gasteiger partial charge on any atom is 0.348 e. The van der Waals surface area contributed by atoms with E-state index in [0.717, 1.165) is 0 Å². The first-order valence-electron chi connectivity index (χ1n) is 5.25. The number of carbonyl (C=O) groups is 3. The number of carbonyl (C=O) groups excluding carboxylic acids is 3. The molecule has 0 spiro atoms. The van der Waals surface area contributed by atoms with Gasteiger partial charge in [0.15, 0.2) is 6.61 Å². The van der Waals surface area contributed by atoms with Crippen molar-refractivity contribution in [1.82, 2.24) is 5.32 Å². The van der Waals surface area contributed by atoms with E-state index in [1.165, 1.54) is 22.7 Å². The average Bonchev–Trinajstić information content (AvgIpc) is 3.07. The molecule has 0 aliphatic rings. The van der Waals surface area contributed by atoms with Gasteiger partial charge in [0.05, 0.1) is 4.88 Å². The minimum absolute atomic E-state index is 0.414. The number of hydrogen-bond acceptors (Lipinski definition) is 6. The zero-order valence-electron chi connectivity index (χ0n) is 9.62. The van der Waals surface area contributed by atoms with Crippen LogP contribution >= 0.6 is 22.7 Å². The maximum absolute atomic E-state index is 11.5. The second-order valence-electron chi connectivity index (χ2n) is 3.41. The highest BCUT2D eigenvalue weighted by Gasteiger charge is 2.14. The molecule has 2 heterocycles. The quantitative estimate of drug-likeness (QED) is 0.875. The monoisotopic (exact) mass is 295 g/mol. The Kier molecular flexibility index (Phi) is 4.43. The fourth-order valence-electron chi connectivity index (χ4n) is 1.23. The number of rotatable bonds is 4. The van der Waals surface area contributed by atoms with Crippen molar-refractivity contribution in [2.75, 3.05) is 6.61 Å². The van der Waals surface area contributed by atoms with E-state index >= 15 is 0 Å². The summed E-state index contributed by atoms with van der Waals surface area (Å²) >= 11 is 2.45. The fraction of sp³-hybridized carbons (Fsp3) is 0.0833. The van der Waals surface area contributed by atoms with Crippen LogP contribution in [0.15, 0.2) is 35.0 Å². The van der Waals surface area contributed by atoms with Crippen molar-refractivity contribution in [1.29, 1.82) is 0 Å². The normalized spacial score (nSPS) is 9.89. The Labute approximate surface area is 116 Å². The number of thiophene rings is 2. The summed E-state index contributed by atoms with van der Waals surface area (Å²) in [6.07, 6.45) is 0. The Morgan fingerprint density at radius 1 is 1.05 bits per heavy atom. The van der Waals surface area contributed by atoms with Crippen molar-refractivity contribution in [3.63, 3.8) is 0 Å². The van der Waals surface area contributed by atoms with Crippen molar-refractivity contribution in [2.45, 2.75) is 0 Å². The van der Waals surface area contributed by atoms with E-state index < -0.39 is 24.4 Å². The van der Waals surface area contributed by atoms with Crippen molar-refractivity contribution in [2.24, 2.45) is 0 Å². The van der Waals surface area contributed by atoms with Gasteiger partial charge in [0.1, 0.15) is 4.88 Å². The summed E-state index contributed by atoms with van der Waals surface area (Å²) in [7, 11) is 0. The molecule has 0 unspecified atom stereocenters. The van der Waals surface area contributed by atoms with E-state index in [9.17, 15) is 14.4 Å². The fourth-order valence-corrected chi connectivity index (χ4v) is 2.46. The lowest BCUT2D eigenvalue weighted by Gasteiger charge is -2.03. The third kappa shape index (κ3) is 3.73. The van der Waals surface area contributed by atoms with E-state index in [4.69, 9.17) is 4.74 Å². The van der Waals surface area contributed by atoms with Crippen LogP contribution in [0.4, 0.5) is 0 Å². The van der Waals surface area contributed by atoms with E-state index in [2.05, 4.69) is 5.32 Å². The predicted octanol–water partition coefficient (Wildman–Crippen LogP) is 1.92. The number of ether oxygens (including phenoxy) is 1. The van der Waals surface area contributed by atoms with E-state index in [0.29, 0.717) is 9.75 Å². The predicted molar refractivity (Wildman–Crippen MR) is 71.4 cm³/mol. The summed E-state index contributed by atoms with van der Waals surface area (Å²) in [4.78, 5) is 35.2. The second kappa shape index (κ2) is 6.26. The van der Waals surface area contributed by atoms with Crippen LogP contribution in [-0.2, 0) is 9.53 Å². The van der Waals surface area contributed by atoms with Crippen LogP contribution in [0.25, 0.3) is 0 Å². The maximum atomic E-state index is 11.5. The molecule has 0 saturated heterocycles. The molecule has 7 heteroatoms. The van der Waals surface area contributed by atoms with Gasteiger partial charge >= 0.3 is 5.97 Å². The molecule has 0 fully saturated rings. The van der Waals surface area contributed by atoms with Gasteiger partial charge in [0.25, 0.3) is 11.8 Å². The van der Waals surface area contributed by atoms with Gasteiger partial charge in [-0.2, -0.15) is 0 Å². The number of nitrogens with one attached hydrogen (secondary N) is 1. The highest BCUT2D eigenvalue weighted by atomic mass is 32.1. The zero-order valence-corrected chi connectivity index (χ0v) is 11.3. The van der Waals surface area contributed by atoms with Crippen LogP contribution in [0, 0.1) is 0 Å². The lowest BCUT2D eigenvalue weighted by atomic mass is 10.4. The van der Waals surface area contributed by atoms with Gasteiger partial charge in [-0.1, -0.05) is 12.1 Å². The Morgan fingerprint density at radius 2 is 1.68 bits per heavy atom. The first-order valence-corrected chi connectivity index (χ1v) is 7.01. The first kappa shape index (κ1) is 13.4. The third-order valence-electron chi connectivity index (χ3n) is 2.05. The molecular weight excluding hydrogens is 286 g/mol. The minimum Gasteiger partial charge on any atom is -0.451 e. The molecule has 2 aromatic rings. The molecule has 0 atom stereocenters. The van der Waals surface area contributed by atoms with Crippen LogP contribution in [0.2, 0.25) is 0 Å². The summed E-state index contributed by atoms with van der Waals surface area (Å²) < 4.78 is 4.78. The molecule has 19 heavy (non-hydrogen) atoms. The van der Waals surface area contributed by atoms with E-state index in [1.54, 1.807) is 35.0 Å². The second-order valence-corrected chi connectivity index (χ2v) is 5.30. The lowest BCUT2D eigenvalue weighted by Crippen LogP contribution is -2.33. The molecule has 0 aliphatic heterocycles. The summed E-state index contributed by atoms with van der Waals surface area (Å²) in [5.74, 6) is -1.72. The van der Waals surface area contributed by atoms with Gasteiger partial charge in [0.2, 0.25) is 0 Å². The summed E-state index contributed by atoms with van der Waals surface area (Å²) in [6, 6.07) is 6.62. The van der Waals surface area contributed by atoms with Crippen molar-refractivity contribution < 1.29 is 19.1 Å². The molecule has 0 bridgehead atoms. The Morgan fingerprint density at radius 3 is 2.26 bits per heavy atom. The Balaban J connectivity index is 1.79. The number of imide groups is 1. The first-order chi connectivity index (χ1) is 9.16. The molecule has 2 aromatic heterocycles. The molecule has 0 saturated carbocycles. The van der Waals surface area contributed by atoms with Gasteiger partial charge in [-0.05, 0) is 22.9 Å². The van der Waals surface area contributed by atoms with Crippen LogP contribution < -0.4 is 5.32 Å². The molecule has 1 N–H and O–H groups in total. The van der Waals surface area contributed by atoms with Crippen molar-refractivity contribution >= 4 is 40.5 Å². The molecule has 5 nitrogen and oxygen atoms in total. The molecule has 98 valence electrons. The van der Waals surface area contributed by atoms with Gasteiger partial charge < -0.3 is 4.74 Å². The van der Waals surface area contributed by atoms with Gasteiger partial charge in [-0.3, -0.25) is 14.9 Å². The molecular formula is C12H9NO4S2. The van der Waals surface area contributed by atoms with Gasteiger partial charge in [-0.25, -0.2) is 4.79 Å². The molecule has 0 aliphatic carbocycles. The number of esters is 1. The molecule has 0 aromatic carbocycles. The zero-order chi connectivity index (χ0) is 13.7. The van der Waals surface area contributed by atoms with E-state index in [-0.39, 0.29) is 0 Å². The SMILES string of the molecule is O=C(COC(=O)c1cccs1)NC(=O)c1cccs1. The summed E-state index contributed by atoms with van der Waals surface area (Å²) in [5, 5.41) is 5.61. The van der Waals surface area contributed by atoms with Crippen LogP contribution in [-0.4, -0.2) is 24.4 Å². The van der Waals surface area contributed by atoms with Crippen molar-refractivity contribution in [3.8, 4) is 0 Å². The number of hydrogen-bond donors (Lipinski definition) is 1. The van der Waals surface area contributed by atoms with Crippen molar-refractivity contribution in [3.05, 3.63) is 44.8 Å².